The number of nitrogens with zero attached hydrogens (tertiary/aromatic N) is 3. The minimum Gasteiger partial charge on any atom is -0.291 e. The summed E-state index contributed by atoms with van der Waals surface area (Å²) in [4.78, 5) is 21.4. The van der Waals surface area contributed by atoms with E-state index in [1.54, 1.807) is 16.8 Å². The average Bonchev–Trinajstić information content (AvgIpc) is 2.52. The number of rotatable bonds is 3. The highest BCUT2D eigenvalue weighted by Gasteiger charge is 2.10. The zero-order valence-corrected chi connectivity index (χ0v) is 12.3. The quantitative estimate of drug-likeness (QED) is 0.699. The van der Waals surface area contributed by atoms with Crippen LogP contribution in [-0.4, -0.2) is 14.5 Å². The molecule has 0 unspecified atom stereocenters. The van der Waals surface area contributed by atoms with Crippen LogP contribution in [0.3, 0.4) is 0 Å². The third-order valence-electron chi connectivity index (χ3n) is 3.37. The fraction of sp³-hybridized carbons (Fsp3) is 0.188. The van der Waals surface area contributed by atoms with E-state index in [2.05, 4.69) is 9.97 Å². The van der Waals surface area contributed by atoms with Gasteiger partial charge in [0.1, 0.15) is 5.82 Å². The average molecular weight is 300 g/mol. The first kappa shape index (κ1) is 13.8. The molecule has 3 aromatic rings. The molecule has 0 aliphatic carbocycles. The monoisotopic (exact) mass is 299 g/mol. The standard InChI is InChI=1S/C16H14ClN3O/c1-11-6-7-12(9-18-11)10-20-15(8-17)19-14-5-3-2-4-13(14)16(20)21/h2-7,9H,8,10H2,1H3. The summed E-state index contributed by atoms with van der Waals surface area (Å²) in [7, 11) is 0. The number of aromatic nitrogens is 3. The Morgan fingerprint density at radius 1 is 1.19 bits per heavy atom. The summed E-state index contributed by atoms with van der Waals surface area (Å²) in [6.07, 6.45) is 1.77. The number of aryl methyl sites for hydroxylation is 1. The molecule has 2 aromatic heterocycles. The van der Waals surface area contributed by atoms with E-state index in [-0.39, 0.29) is 11.4 Å². The molecule has 1 aromatic carbocycles. The third-order valence-corrected chi connectivity index (χ3v) is 3.61. The van der Waals surface area contributed by atoms with Gasteiger partial charge in [0.25, 0.3) is 5.56 Å². The molecule has 0 fully saturated rings. The van der Waals surface area contributed by atoms with Gasteiger partial charge in [-0.15, -0.1) is 11.6 Å². The normalized spacial score (nSPS) is 11.0. The van der Waals surface area contributed by atoms with Gasteiger partial charge in [0.15, 0.2) is 0 Å². The Balaban J connectivity index is 2.14. The van der Waals surface area contributed by atoms with Crippen LogP contribution in [0.4, 0.5) is 0 Å². The van der Waals surface area contributed by atoms with Crippen molar-refractivity contribution in [1.29, 1.82) is 0 Å². The summed E-state index contributed by atoms with van der Waals surface area (Å²) < 4.78 is 1.61. The number of hydrogen-bond acceptors (Lipinski definition) is 3. The van der Waals surface area contributed by atoms with E-state index in [4.69, 9.17) is 11.6 Å². The maximum absolute atomic E-state index is 12.6. The molecule has 0 amide bonds. The van der Waals surface area contributed by atoms with Gasteiger partial charge in [0, 0.05) is 11.9 Å². The zero-order valence-electron chi connectivity index (χ0n) is 11.6. The highest BCUT2D eigenvalue weighted by molar-refractivity contribution is 6.16. The summed E-state index contributed by atoms with van der Waals surface area (Å²) in [5.74, 6) is 0.764. The van der Waals surface area contributed by atoms with Crippen molar-refractivity contribution in [2.24, 2.45) is 0 Å². The minimum absolute atomic E-state index is 0.0724. The van der Waals surface area contributed by atoms with Gasteiger partial charge in [0.05, 0.1) is 23.3 Å². The number of fused-ring (bicyclic) bond motifs is 1. The Morgan fingerprint density at radius 2 is 2.00 bits per heavy atom. The van der Waals surface area contributed by atoms with E-state index in [1.165, 1.54) is 0 Å². The molecule has 0 saturated carbocycles. The van der Waals surface area contributed by atoms with Crippen molar-refractivity contribution < 1.29 is 0 Å². The Labute approximate surface area is 127 Å². The smallest absolute Gasteiger partial charge is 0.261 e. The number of hydrogen-bond donors (Lipinski definition) is 0. The topological polar surface area (TPSA) is 47.8 Å². The lowest BCUT2D eigenvalue weighted by molar-refractivity contribution is 0.704. The predicted molar refractivity (Wildman–Crippen MR) is 83.6 cm³/mol. The van der Waals surface area contributed by atoms with Crippen molar-refractivity contribution in [3.63, 3.8) is 0 Å². The molecule has 3 rings (SSSR count). The summed E-state index contributed by atoms with van der Waals surface area (Å²) in [5.41, 5.74) is 2.50. The van der Waals surface area contributed by atoms with Gasteiger partial charge in [-0.2, -0.15) is 0 Å². The van der Waals surface area contributed by atoms with E-state index >= 15 is 0 Å². The van der Waals surface area contributed by atoms with Crippen molar-refractivity contribution in [2.75, 3.05) is 0 Å². The number of alkyl halides is 1. The fourth-order valence-corrected chi connectivity index (χ4v) is 2.46. The number of pyridine rings is 1. The molecule has 0 bridgehead atoms. The van der Waals surface area contributed by atoms with Crippen LogP contribution in [0, 0.1) is 6.92 Å². The minimum atomic E-state index is -0.0724. The maximum Gasteiger partial charge on any atom is 0.261 e. The summed E-state index contributed by atoms with van der Waals surface area (Å²) in [6.45, 7) is 2.35. The molecule has 4 nitrogen and oxygen atoms in total. The van der Waals surface area contributed by atoms with Crippen LogP contribution in [0.25, 0.3) is 10.9 Å². The molecule has 0 spiro atoms. The van der Waals surface area contributed by atoms with E-state index in [1.807, 2.05) is 37.3 Å². The predicted octanol–water partition coefficient (Wildman–Crippen LogP) is 2.89. The van der Waals surface area contributed by atoms with E-state index < -0.39 is 0 Å². The van der Waals surface area contributed by atoms with E-state index in [0.717, 1.165) is 11.3 Å². The molecule has 0 aliphatic heterocycles. The number of para-hydroxylation sites is 1. The molecular weight excluding hydrogens is 286 g/mol. The van der Waals surface area contributed by atoms with Crippen molar-refractivity contribution in [3.05, 3.63) is 70.0 Å². The lowest BCUT2D eigenvalue weighted by Gasteiger charge is -2.11. The van der Waals surface area contributed by atoms with Crippen LogP contribution in [-0.2, 0) is 12.4 Å². The second-order valence-corrected chi connectivity index (χ2v) is 5.15. The van der Waals surface area contributed by atoms with Crippen LogP contribution in [0.5, 0.6) is 0 Å². The first-order valence-electron chi connectivity index (χ1n) is 6.65. The first-order valence-corrected chi connectivity index (χ1v) is 7.18. The van der Waals surface area contributed by atoms with Crippen LogP contribution >= 0.6 is 11.6 Å². The van der Waals surface area contributed by atoms with Crippen LogP contribution in [0.1, 0.15) is 17.1 Å². The lowest BCUT2D eigenvalue weighted by Crippen LogP contribution is -2.25. The molecule has 0 saturated heterocycles. The fourth-order valence-electron chi connectivity index (χ4n) is 2.25. The molecule has 0 N–H and O–H groups in total. The van der Waals surface area contributed by atoms with Gasteiger partial charge in [-0.3, -0.25) is 14.3 Å². The molecule has 5 heteroatoms. The van der Waals surface area contributed by atoms with Gasteiger partial charge in [-0.1, -0.05) is 18.2 Å². The van der Waals surface area contributed by atoms with E-state index in [0.29, 0.717) is 23.3 Å². The van der Waals surface area contributed by atoms with Crippen molar-refractivity contribution in [3.8, 4) is 0 Å². The summed E-state index contributed by atoms with van der Waals surface area (Å²) in [5, 5.41) is 0.603. The Morgan fingerprint density at radius 3 is 2.71 bits per heavy atom. The first-order chi connectivity index (χ1) is 10.2. The van der Waals surface area contributed by atoms with E-state index in [9.17, 15) is 4.79 Å². The maximum atomic E-state index is 12.6. The summed E-state index contributed by atoms with van der Waals surface area (Å²) >= 11 is 5.96. The van der Waals surface area contributed by atoms with Gasteiger partial charge < -0.3 is 0 Å². The largest absolute Gasteiger partial charge is 0.291 e. The Hall–Kier alpha value is -2.20. The molecule has 2 heterocycles. The molecule has 0 aliphatic rings. The molecular formula is C16H14ClN3O. The highest BCUT2D eigenvalue weighted by Crippen LogP contribution is 2.11. The molecule has 21 heavy (non-hydrogen) atoms. The summed E-state index contributed by atoms with van der Waals surface area (Å²) in [6, 6.07) is 11.2. The van der Waals surface area contributed by atoms with Gasteiger partial charge in [-0.25, -0.2) is 4.98 Å². The van der Waals surface area contributed by atoms with Gasteiger partial charge in [-0.05, 0) is 30.7 Å². The van der Waals surface area contributed by atoms with Crippen molar-refractivity contribution in [1.82, 2.24) is 14.5 Å². The van der Waals surface area contributed by atoms with Gasteiger partial charge >= 0.3 is 0 Å². The SMILES string of the molecule is Cc1ccc(Cn2c(CCl)nc3ccccc3c2=O)cn1. The van der Waals surface area contributed by atoms with Crippen LogP contribution < -0.4 is 5.56 Å². The Bertz CT molecular complexity index is 840. The number of benzene rings is 1. The van der Waals surface area contributed by atoms with Gasteiger partial charge in [0.2, 0.25) is 0 Å². The van der Waals surface area contributed by atoms with Crippen LogP contribution in [0.15, 0.2) is 47.4 Å². The second-order valence-electron chi connectivity index (χ2n) is 4.88. The second kappa shape index (κ2) is 5.66. The number of halogens is 1. The van der Waals surface area contributed by atoms with Crippen molar-refractivity contribution in [2.45, 2.75) is 19.3 Å². The highest BCUT2D eigenvalue weighted by atomic mass is 35.5. The van der Waals surface area contributed by atoms with Crippen molar-refractivity contribution >= 4 is 22.5 Å². The third kappa shape index (κ3) is 2.67. The Kier molecular flexibility index (Phi) is 3.71. The molecule has 106 valence electrons. The zero-order chi connectivity index (χ0) is 14.8. The lowest BCUT2D eigenvalue weighted by atomic mass is 10.2. The molecule has 0 radical (unpaired) electrons. The molecule has 0 atom stereocenters. The van der Waals surface area contributed by atoms with Crippen LogP contribution in [0.2, 0.25) is 0 Å².